The molecule has 5 rings (SSSR count). The maximum absolute atomic E-state index is 13.3. The minimum Gasteiger partial charge on any atom is -0.345 e. The van der Waals surface area contributed by atoms with Crippen LogP contribution in [-0.2, 0) is 9.59 Å². The third kappa shape index (κ3) is 3.65. The van der Waals surface area contributed by atoms with E-state index in [-0.39, 0.29) is 47.9 Å². The summed E-state index contributed by atoms with van der Waals surface area (Å²) in [4.78, 5) is 45.9. The van der Waals surface area contributed by atoms with Crippen molar-refractivity contribution in [3.63, 3.8) is 0 Å². The van der Waals surface area contributed by atoms with E-state index in [1.165, 1.54) is 0 Å². The molecule has 3 aliphatic heterocycles. The third-order valence-electron chi connectivity index (χ3n) is 8.01. The van der Waals surface area contributed by atoms with Crippen molar-refractivity contribution in [2.24, 2.45) is 11.7 Å². The Morgan fingerprint density at radius 1 is 1.26 bits per heavy atom. The van der Waals surface area contributed by atoms with Crippen LogP contribution in [0.3, 0.4) is 0 Å². The fourth-order valence-electron chi connectivity index (χ4n) is 6.16. The van der Waals surface area contributed by atoms with Gasteiger partial charge >= 0.3 is 0 Å². The van der Waals surface area contributed by atoms with Gasteiger partial charge in [0.25, 0.3) is 5.91 Å². The molecule has 5 unspecified atom stereocenters. The van der Waals surface area contributed by atoms with Crippen LogP contribution in [0.15, 0.2) is 24.3 Å². The molecular weight excluding hydrogens is 432 g/mol. The summed E-state index contributed by atoms with van der Waals surface area (Å²) < 4.78 is 0. The lowest BCUT2D eigenvalue weighted by Crippen LogP contribution is -2.57. The van der Waals surface area contributed by atoms with E-state index in [2.05, 4.69) is 6.07 Å². The van der Waals surface area contributed by atoms with E-state index in [1.54, 1.807) is 30.0 Å². The summed E-state index contributed by atoms with van der Waals surface area (Å²) in [6.07, 6.45) is 2.44. The molecule has 4 aliphatic rings. The van der Waals surface area contributed by atoms with E-state index in [0.717, 1.165) is 24.8 Å². The van der Waals surface area contributed by atoms with Gasteiger partial charge in [0.2, 0.25) is 11.8 Å². The largest absolute Gasteiger partial charge is 0.345 e. The molecule has 3 saturated heterocycles. The summed E-state index contributed by atoms with van der Waals surface area (Å²) in [5.41, 5.74) is 7.84. The van der Waals surface area contributed by atoms with Crippen molar-refractivity contribution in [3.05, 3.63) is 35.4 Å². The average molecular weight is 465 g/mol. The molecule has 2 bridgehead atoms. The van der Waals surface area contributed by atoms with E-state index < -0.39 is 6.04 Å². The number of fused-ring (bicyclic) bond motifs is 3. The van der Waals surface area contributed by atoms with Gasteiger partial charge in [0.1, 0.15) is 6.04 Å². The van der Waals surface area contributed by atoms with Gasteiger partial charge in [-0.15, -0.1) is 0 Å². The molecule has 1 aromatic rings. The zero-order chi connectivity index (χ0) is 24.3. The van der Waals surface area contributed by atoms with Crippen molar-refractivity contribution in [2.45, 2.75) is 62.4 Å². The Labute approximate surface area is 200 Å². The van der Waals surface area contributed by atoms with E-state index in [4.69, 9.17) is 5.73 Å². The molecule has 3 heterocycles. The topological polar surface area (TPSA) is 114 Å². The van der Waals surface area contributed by atoms with Gasteiger partial charge in [0, 0.05) is 44.8 Å². The predicted octanol–water partition coefficient (Wildman–Crippen LogP) is 0.575. The van der Waals surface area contributed by atoms with Gasteiger partial charge in [-0.1, -0.05) is 12.1 Å². The Balaban J connectivity index is 1.24. The van der Waals surface area contributed by atoms with Crippen molar-refractivity contribution in [1.82, 2.24) is 19.6 Å². The van der Waals surface area contributed by atoms with Crippen LogP contribution < -0.4 is 5.73 Å². The molecule has 180 valence electrons. The lowest BCUT2D eigenvalue weighted by molar-refractivity contribution is -0.141. The van der Waals surface area contributed by atoms with Gasteiger partial charge in [-0.05, 0) is 49.8 Å². The number of hydrogen-bond donors (Lipinski definition) is 1. The van der Waals surface area contributed by atoms with Crippen LogP contribution in [0.2, 0.25) is 0 Å². The summed E-state index contributed by atoms with van der Waals surface area (Å²) in [7, 11) is 3.44. The molecule has 0 aromatic heterocycles. The molecule has 1 aliphatic carbocycles. The SMILES string of the molecule is C[C@@H](c1cccc(C(=O)N(C)C)c1)N1C(=O)C2C[C@H]1CN2CC(N)C(=O)N1C(C#N)CC2CC21. The number of piperidine rings is 1. The first kappa shape index (κ1) is 22.8. The van der Waals surface area contributed by atoms with Crippen LogP contribution in [0, 0.1) is 17.2 Å². The van der Waals surface area contributed by atoms with Crippen molar-refractivity contribution in [1.29, 1.82) is 5.26 Å². The van der Waals surface area contributed by atoms with Gasteiger partial charge in [-0.25, -0.2) is 0 Å². The quantitative estimate of drug-likeness (QED) is 0.659. The van der Waals surface area contributed by atoms with Crippen molar-refractivity contribution >= 4 is 17.7 Å². The fraction of sp³-hybridized carbons (Fsp3) is 0.600. The first-order valence-electron chi connectivity index (χ1n) is 12.1. The van der Waals surface area contributed by atoms with E-state index in [9.17, 15) is 19.6 Å². The highest BCUT2D eigenvalue weighted by Crippen LogP contribution is 2.48. The Morgan fingerprint density at radius 2 is 2.03 bits per heavy atom. The smallest absolute Gasteiger partial charge is 0.253 e. The predicted molar refractivity (Wildman–Crippen MR) is 124 cm³/mol. The average Bonchev–Trinajstić information content (AvgIpc) is 3.15. The van der Waals surface area contributed by atoms with Gasteiger partial charge in [-0.2, -0.15) is 5.26 Å². The van der Waals surface area contributed by atoms with Crippen LogP contribution in [0.5, 0.6) is 0 Å². The number of carbonyl (C=O) groups excluding carboxylic acids is 3. The van der Waals surface area contributed by atoms with E-state index in [1.807, 2.05) is 34.9 Å². The van der Waals surface area contributed by atoms with Gasteiger partial charge in [0.05, 0.1) is 24.2 Å². The number of nitriles is 1. The third-order valence-corrected chi connectivity index (χ3v) is 8.01. The Hall–Kier alpha value is -2.96. The molecule has 9 heteroatoms. The van der Waals surface area contributed by atoms with Crippen LogP contribution in [0.1, 0.15) is 48.1 Å². The summed E-state index contributed by atoms with van der Waals surface area (Å²) >= 11 is 0. The minimum atomic E-state index is -0.734. The normalized spacial score (nSPS) is 31.3. The second kappa shape index (κ2) is 8.36. The van der Waals surface area contributed by atoms with Crippen LogP contribution in [0.25, 0.3) is 0 Å². The highest BCUT2D eigenvalue weighted by atomic mass is 16.2. The molecule has 1 aromatic carbocycles. The number of amides is 3. The highest BCUT2D eigenvalue weighted by molar-refractivity contribution is 5.94. The molecule has 34 heavy (non-hydrogen) atoms. The summed E-state index contributed by atoms with van der Waals surface area (Å²) in [6.45, 7) is 3.00. The molecular formula is C25H32N6O3. The molecule has 0 radical (unpaired) electrons. The molecule has 2 N–H and O–H groups in total. The number of carbonyl (C=O) groups is 3. The van der Waals surface area contributed by atoms with Gasteiger partial charge in [0.15, 0.2) is 0 Å². The van der Waals surface area contributed by atoms with E-state index >= 15 is 0 Å². The van der Waals surface area contributed by atoms with Gasteiger partial charge < -0.3 is 20.4 Å². The van der Waals surface area contributed by atoms with Crippen molar-refractivity contribution < 1.29 is 14.4 Å². The Bertz CT molecular complexity index is 1070. The number of likely N-dealkylation sites (tertiary alicyclic amines) is 3. The maximum Gasteiger partial charge on any atom is 0.253 e. The first-order chi connectivity index (χ1) is 16.2. The van der Waals surface area contributed by atoms with Crippen LogP contribution in [-0.4, -0.2) is 94.7 Å². The fourth-order valence-corrected chi connectivity index (χ4v) is 6.16. The number of rotatable bonds is 6. The molecule has 7 atom stereocenters. The second-order valence-electron chi connectivity index (χ2n) is 10.4. The number of piperazine rings is 1. The summed E-state index contributed by atoms with van der Waals surface area (Å²) in [6, 6.07) is 8.39. The number of hydrogen-bond acceptors (Lipinski definition) is 6. The van der Waals surface area contributed by atoms with Crippen LogP contribution >= 0.6 is 0 Å². The number of nitrogens with zero attached hydrogens (tertiary/aromatic N) is 5. The summed E-state index contributed by atoms with van der Waals surface area (Å²) in [5.74, 6) is 0.263. The highest BCUT2D eigenvalue weighted by Gasteiger charge is 2.56. The molecule has 4 fully saturated rings. The van der Waals surface area contributed by atoms with Crippen molar-refractivity contribution in [2.75, 3.05) is 27.2 Å². The zero-order valence-electron chi connectivity index (χ0n) is 19.9. The number of nitrogens with two attached hydrogens (primary N) is 1. The molecule has 3 amide bonds. The Morgan fingerprint density at radius 3 is 2.71 bits per heavy atom. The molecule has 0 spiro atoms. The van der Waals surface area contributed by atoms with Gasteiger partial charge in [-0.3, -0.25) is 19.3 Å². The summed E-state index contributed by atoms with van der Waals surface area (Å²) in [5, 5.41) is 9.39. The first-order valence-corrected chi connectivity index (χ1v) is 12.1. The maximum atomic E-state index is 13.3. The standard InChI is InChI=1S/C25H32N6O3/c1-14(15-5-4-6-16(7-15)23(32)28(2)3)30-19-10-22(25(30)34)29(12-19)13-20(27)24(33)31-18(11-26)8-17-9-21(17)31/h4-7,14,17-22H,8-10,12-13,27H2,1-3H3/t14-,17?,18?,19-,20?,21?,22?/m0/s1. The number of benzene rings is 1. The lowest BCUT2D eigenvalue weighted by Gasteiger charge is -2.38. The van der Waals surface area contributed by atoms with Crippen molar-refractivity contribution in [3.8, 4) is 6.07 Å². The van der Waals surface area contributed by atoms with E-state index in [0.29, 0.717) is 24.6 Å². The minimum absolute atomic E-state index is 0.0473. The monoisotopic (exact) mass is 464 g/mol. The van der Waals surface area contributed by atoms with Crippen LogP contribution in [0.4, 0.5) is 0 Å². The lowest BCUT2D eigenvalue weighted by atomic mass is 10.0. The molecule has 1 saturated carbocycles. The second-order valence-corrected chi connectivity index (χ2v) is 10.4. The Kier molecular flexibility index (Phi) is 5.61. The molecule has 9 nitrogen and oxygen atoms in total. The zero-order valence-corrected chi connectivity index (χ0v) is 19.9.